The lowest BCUT2D eigenvalue weighted by Gasteiger charge is -2.43. The number of hydrogen-bond donors (Lipinski definition) is 1. The molecule has 19 heavy (non-hydrogen) atoms. The molecule has 0 radical (unpaired) electrons. The molecule has 2 heterocycles. The first-order valence-electron chi connectivity index (χ1n) is 6.95. The van der Waals surface area contributed by atoms with Crippen molar-refractivity contribution in [3.63, 3.8) is 0 Å². The lowest BCUT2D eigenvalue weighted by molar-refractivity contribution is 0.375. The van der Waals surface area contributed by atoms with Crippen LogP contribution in [0.5, 0.6) is 0 Å². The molecule has 0 spiro atoms. The molecular formula is C14H24N4O. The fourth-order valence-electron chi connectivity index (χ4n) is 2.53. The van der Waals surface area contributed by atoms with E-state index in [4.69, 9.17) is 0 Å². The van der Waals surface area contributed by atoms with Crippen LogP contribution in [0.1, 0.15) is 27.7 Å². The van der Waals surface area contributed by atoms with E-state index in [1.54, 1.807) is 17.0 Å². The Kier molecular flexibility index (Phi) is 3.94. The average Bonchev–Trinajstić information content (AvgIpc) is 2.31. The molecule has 1 aliphatic rings. The maximum atomic E-state index is 12.5. The summed E-state index contributed by atoms with van der Waals surface area (Å²) >= 11 is 0. The van der Waals surface area contributed by atoms with E-state index < -0.39 is 0 Å². The predicted octanol–water partition coefficient (Wildman–Crippen LogP) is 1.09. The Hall–Kier alpha value is -1.36. The molecule has 0 bridgehead atoms. The van der Waals surface area contributed by atoms with Crippen LogP contribution in [0.3, 0.4) is 0 Å². The number of nitrogens with zero attached hydrogens (tertiary/aromatic N) is 3. The summed E-state index contributed by atoms with van der Waals surface area (Å²) in [5.41, 5.74) is -0.0623. The van der Waals surface area contributed by atoms with Gasteiger partial charge in [0.15, 0.2) is 5.82 Å². The number of hydrogen-bond acceptors (Lipinski definition) is 4. The standard InChI is InChI=1S/C14H24N4O/c1-11(2)9-17-7-6-16-12(13(17)19)18-8-5-15-10-14(18,3)4/h6-7,11,15H,5,8-10H2,1-4H3. The molecule has 0 aliphatic carbocycles. The number of rotatable bonds is 3. The Bertz CT molecular complexity index is 492. The Labute approximate surface area is 114 Å². The van der Waals surface area contributed by atoms with E-state index in [2.05, 4.69) is 42.9 Å². The number of nitrogens with one attached hydrogen (secondary N) is 1. The van der Waals surface area contributed by atoms with Gasteiger partial charge in [-0.1, -0.05) is 13.8 Å². The van der Waals surface area contributed by atoms with Crippen molar-refractivity contribution in [1.29, 1.82) is 0 Å². The minimum atomic E-state index is -0.0819. The largest absolute Gasteiger partial charge is 0.344 e. The van der Waals surface area contributed by atoms with Crippen LogP contribution in [0, 0.1) is 5.92 Å². The first kappa shape index (κ1) is 14.1. The summed E-state index contributed by atoms with van der Waals surface area (Å²) in [5.74, 6) is 1.03. The molecule has 0 amide bonds. The van der Waals surface area contributed by atoms with Gasteiger partial charge in [-0.05, 0) is 19.8 Å². The van der Waals surface area contributed by atoms with Crippen LogP contribution >= 0.6 is 0 Å². The molecule has 5 heteroatoms. The Balaban J connectivity index is 2.37. The molecule has 0 unspecified atom stereocenters. The van der Waals surface area contributed by atoms with Gasteiger partial charge in [-0.25, -0.2) is 4.98 Å². The summed E-state index contributed by atoms with van der Waals surface area (Å²) < 4.78 is 1.77. The quantitative estimate of drug-likeness (QED) is 0.888. The highest BCUT2D eigenvalue weighted by atomic mass is 16.1. The topological polar surface area (TPSA) is 50.2 Å². The molecule has 2 rings (SSSR count). The lowest BCUT2D eigenvalue weighted by Crippen LogP contribution is -2.59. The van der Waals surface area contributed by atoms with Gasteiger partial charge in [0.2, 0.25) is 0 Å². The minimum Gasteiger partial charge on any atom is -0.344 e. The zero-order valence-corrected chi connectivity index (χ0v) is 12.3. The summed E-state index contributed by atoms with van der Waals surface area (Å²) in [7, 11) is 0. The van der Waals surface area contributed by atoms with Crippen molar-refractivity contribution >= 4 is 5.82 Å². The molecule has 0 aromatic carbocycles. The first-order chi connectivity index (χ1) is 8.92. The minimum absolute atomic E-state index is 0.0196. The maximum Gasteiger partial charge on any atom is 0.293 e. The zero-order valence-electron chi connectivity index (χ0n) is 12.3. The molecule has 1 aromatic rings. The van der Waals surface area contributed by atoms with Crippen molar-refractivity contribution in [2.45, 2.75) is 39.8 Å². The maximum absolute atomic E-state index is 12.5. The van der Waals surface area contributed by atoms with Gasteiger partial charge in [-0.2, -0.15) is 0 Å². The van der Waals surface area contributed by atoms with Gasteiger partial charge >= 0.3 is 0 Å². The molecule has 106 valence electrons. The van der Waals surface area contributed by atoms with E-state index in [1.165, 1.54) is 0 Å². The van der Waals surface area contributed by atoms with Crippen LogP contribution in [-0.2, 0) is 6.54 Å². The third-order valence-corrected chi connectivity index (χ3v) is 3.51. The van der Waals surface area contributed by atoms with Crippen molar-refractivity contribution in [2.24, 2.45) is 5.92 Å². The molecule has 1 saturated heterocycles. The third-order valence-electron chi connectivity index (χ3n) is 3.51. The van der Waals surface area contributed by atoms with Crippen LogP contribution in [0.2, 0.25) is 0 Å². The van der Waals surface area contributed by atoms with Crippen LogP contribution in [0.15, 0.2) is 17.2 Å². The van der Waals surface area contributed by atoms with Crippen molar-refractivity contribution < 1.29 is 0 Å². The summed E-state index contributed by atoms with van der Waals surface area (Å²) in [6.07, 6.45) is 3.51. The molecule has 5 nitrogen and oxygen atoms in total. The van der Waals surface area contributed by atoms with Gasteiger partial charge in [-0.3, -0.25) is 4.79 Å². The molecule has 0 saturated carbocycles. The third kappa shape index (κ3) is 2.97. The molecule has 1 N–H and O–H groups in total. The van der Waals surface area contributed by atoms with Crippen molar-refractivity contribution in [3.8, 4) is 0 Å². The Morgan fingerprint density at radius 1 is 1.47 bits per heavy atom. The summed E-state index contributed by atoms with van der Waals surface area (Å²) in [6.45, 7) is 11.8. The average molecular weight is 264 g/mol. The van der Waals surface area contributed by atoms with Crippen molar-refractivity contribution in [1.82, 2.24) is 14.9 Å². The van der Waals surface area contributed by atoms with E-state index in [9.17, 15) is 4.79 Å². The summed E-state index contributed by atoms with van der Waals surface area (Å²) in [4.78, 5) is 19.0. The van der Waals surface area contributed by atoms with Crippen LogP contribution < -0.4 is 15.8 Å². The zero-order chi connectivity index (χ0) is 14.0. The molecule has 1 fully saturated rings. The highest BCUT2D eigenvalue weighted by Gasteiger charge is 2.32. The van der Waals surface area contributed by atoms with Crippen molar-refractivity contribution in [2.75, 3.05) is 24.5 Å². The fraction of sp³-hybridized carbons (Fsp3) is 0.714. The van der Waals surface area contributed by atoms with E-state index in [1.807, 2.05) is 0 Å². The van der Waals surface area contributed by atoms with Gasteiger partial charge in [0, 0.05) is 44.1 Å². The summed E-state index contributed by atoms with van der Waals surface area (Å²) in [5, 5.41) is 3.36. The SMILES string of the molecule is CC(C)Cn1ccnc(N2CCNCC2(C)C)c1=O. The van der Waals surface area contributed by atoms with Gasteiger partial charge in [0.05, 0.1) is 0 Å². The summed E-state index contributed by atoms with van der Waals surface area (Å²) in [6, 6.07) is 0. The van der Waals surface area contributed by atoms with Crippen LogP contribution in [0.25, 0.3) is 0 Å². The fourth-order valence-corrected chi connectivity index (χ4v) is 2.53. The van der Waals surface area contributed by atoms with E-state index in [0.29, 0.717) is 11.7 Å². The number of piperazine rings is 1. The van der Waals surface area contributed by atoms with Gasteiger partial charge < -0.3 is 14.8 Å². The van der Waals surface area contributed by atoms with E-state index >= 15 is 0 Å². The first-order valence-corrected chi connectivity index (χ1v) is 6.95. The molecule has 1 aliphatic heterocycles. The molecule has 0 atom stereocenters. The van der Waals surface area contributed by atoms with Crippen molar-refractivity contribution in [3.05, 3.63) is 22.7 Å². The Morgan fingerprint density at radius 3 is 2.84 bits per heavy atom. The highest BCUT2D eigenvalue weighted by molar-refractivity contribution is 5.40. The highest BCUT2D eigenvalue weighted by Crippen LogP contribution is 2.20. The second-order valence-electron chi connectivity index (χ2n) is 6.24. The predicted molar refractivity (Wildman–Crippen MR) is 77.6 cm³/mol. The lowest BCUT2D eigenvalue weighted by atomic mass is 10.0. The van der Waals surface area contributed by atoms with Gasteiger partial charge in [0.25, 0.3) is 5.56 Å². The Morgan fingerprint density at radius 2 is 2.21 bits per heavy atom. The van der Waals surface area contributed by atoms with Crippen LogP contribution in [-0.4, -0.2) is 34.7 Å². The van der Waals surface area contributed by atoms with Gasteiger partial charge in [-0.15, -0.1) is 0 Å². The molecule has 1 aromatic heterocycles. The second-order valence-corrected chi connectivity index (χ2v) is 6.24. The van der Waals surface area contributed by atoms with Gasteiger partial charge in [0.1, 0.15) is 0 Å². The number of anilines is 1. The van der Waals surface area contributed by atoms with Crippen LogP contribution in [0.4, 0.5) is 5.82 Å². The molecular weight excluding hydrogens is 240 g/mol. The second kappa shape index (κ2) is 5.33. The van der Waals surface area contributed by atoms with E-state index in [0.717, 1.165) is 26.2 Å². The van der Waals surface area contributed by atoms with E-state index in [-0.39, 0.29) is 11.1 Å². The number of aromatic nitrogens is 2. The monoisotopic (exact) mass is 264 g/mol. The smallest absolute Gasteiger partial charge is 0.293 e. The normalized spacial score (nSPS) is 18.9.